The summed E-state index contributed by atoms with van der Waals surface area (Å²) in [6.07, 6.45) is 4.83. The first-order valence-electron chi connectivity index (χ1n) is 6.81. The molecule has 8 heteroatoms. The second-order valence-corrected chi connectivity index (χ2v) is 5.55. The average molecular weight is 376 g/mol. The number of aromatic nitrogens is 3. The van der Waals surface area contributed by atoms with E-state index in [-0.39, 0.29) is 13.5 Å². The molecule has 118 valence electrons. The first kappa shape index (κ1) is 15.6. The molecule has 0 saturated carbocycles. The number of benzene rings is 1. The first-order valence-corrected chi connectivity index (χ1v) is 7.61. The van der Waals surface area contributed by atoms with E-state index < -0.39 is 0 Å². The van der Waals surface area contributed by atoms with Crippen molar-refractivity contribution in [2.45, 2.75) is 0 Å². The summed E-state index contributed by atoms with van der Waals surface area (Å²) in [6.45, 7) is -0.639. The van der Waals surface area contributed by atoms with E-state index >= 15 is 0 Å². The lowest BCUT2D eigenvalue weighted by atomic mass is 10.2. The van der Waals surface area contributed by atoms with E-state index in [2.05, 4.69) is 36.2 Å². The van der Waals surface area contributed by atoms with Crippen molar-refractivity contribution in [3.05, 3.63) is 47.5 Å². The lowest BCUT2D eigenvalue weighted by Crippen LogP contribution is -2.26. The number of rotatable bonds is 5. The van der Waals surface area contributed by atoms with E-state index in [1.165, 1.54) is 11.2 Å². The van der Waals surface area contributed by atoms with Crippen LogP contribution in [0.25, 0.3) is 10.9 Å². The average Bonchev–Trinajstić information content (AvgIpc) is 2.58. The fourth-order valence-corrected chi connectivity index (χ4v) is 2.87. The van der Waals surface area contributed by atoms with Crippen LogP contribution >= 0.6 is 15.9 Å². The normalized spacial score (nSPS) is 10.7. The van der Waals surface area contributed by atoms with Crippen LogP contribution in [0.4, 0.5) is 17.2 Å². The van der Waals surface area contributed by atoms with E-state index in [4.69, 9.17) is 0 Å². The molecule has 23 heavy (non-hydrogen) atoms. The van der Waals surface area contributed by atoms with Gasteiger partial charge in [-0.25, -0.2) is 9.97 Å². The van der Waals surface area contributed by atoms with Crippen molar-refractivity contribution in [3.8, 4) is 0 Å². The second kappa shape index (κ2) is 6.86. The summed E-state index contributed by atoms with van der Waals surface area (Å²) in [4.78, 5) is 14.0. The number of aliphatic hydroxyl groups is 2. The van der Waals surface area contributed by atoms with Crippen molar-refractivity contribution in [2.24, 2.45) is 0 Å². The Morgan fingerprint density at radius 2 is 1.96 bits per heavy atom. The summed E-state index contributed by atoms with van der Waals surface area (Å²) in [7, 11) is 0. The first-order chi connectivity index (χ1) is 11.2. The van der Waals surface area contributed by atoms with Crippen LogP contribution in [0.3, 0.4) is 0 Å². The van der Waals surface area contributed by atoms with Gasteiger partial charge in [-0.3, -0.25) is 4.98 Å². The fraction of sp³-hybridized carbons (Fsp3) is 0.133. The lowest BCUT2D eigenvalue weighted by Gasteiger charge is -2.24. The lowest BCUT2D eigenvalue weighted by molar-refractivity contribution is 0.223. The molecule has 7 nitrogen and oxygen atoms in total. The Morgan fingerprint density at radius 3 is 2.74 bits per heavy atom. The molecule has 3 aromatic rings. The molecule has 2 heterocycles. The van der Waals surface area contributed by atoms with Gasteiger partial charge in [0.1, 0.15) is 25.6 Å². The Balaban J connectivity index is 2.07. The SMILES string of the molecule is OCN(CO)c1c(Br)cccc1Nc1ncnc2ccncc12. The highest BCUT2D eigenvalue weighted by Gasteiger charge is 2.15. The minimum absolute atomic E-state index is 0.320. The number of fused-ring (bicyclic) bond motifs is 1. The molecule has 2 aromatic heterocycles. The highest BCUT2D eigenvalue weighted by atomic mass is 79.9. The monoisotopic (exact) mass is 375 g/mol. The highest BCUT2D eigenvalue weighted by molar-refractivity contribution is 9.10. The minimum Gasteiger partial charge on any atom is -0.376 e. The fourth-order valence-electron chi connectivity index (χ4n) is 2.25. The molecule has 1 aromatic carbocycles. The van der Waals surface area contributed by atoms with Gasteiger partial charge in [-0.1, -0.05) is 6.07 Å². The Labute approximate surface area is 140 Å². The van der Waals surface area contributed by atoms with Gasteiger partial charge in [0, 0.05) is 16.9 Å². The van der Waals surface area contributed by atoms with Crippen LogP contribution in [-0.2, 0) is 0 Å². The number of pyridine rings is 1. The molecule has 0 bridgehead atoms. The summed E-state index contributed by atoms with van der Waals surface area (Å²) in [6, 6.07) is 7.32. The predicted molar refractivity (Wildman–Crippen MR) is 91.4 cm³/mol. The maximum atomic E-state index is 9.45. The van der Waals surface area contributed by atoms with E-state index in [0.717, 1.165) is 15.4 Å². The van der Waals surface area contributed by atoms with E-state index in [0.29, 0.717) is 17.2 Å². The van der Waals surface area contributed by atoms with Gasteiger partial charge >= 0.3 is 0 Å². The summed E-state index contributed by atoms with van der Waals surface area (Å²) in [5, 5.41) is 22.9. The smallest absolute Gasteiger partial charge is 0.143 e. The van der Waals surface area contributed by atoms with Gasteiger partial charge in [0.25, 0.3) is 0 Å². The Bertz CT molecular complexity index is 821. The van der Waals surface area contributed by atoms with Crippen molar-refractivity contribution in [1.29, 1.82) is 0 Å². The molecule has 0 amide bonds. The number of nitrogens with one attached hydrogen (secondary N) is 1. The standard InChI is InChI=1S/C15H14BrN5O2/c16-11-2-1-3-13(14(11)21(8-22)9-23)20-15-10-6-17-5-4-12(10)18-7-19-15/h1-7,22-23H,8-9H2,(H,18,19,20). The number of hydrogen-bond acceptors (Lipinski definition) is 7. The zero-order valence-corrected chi connectivity index (χ0v) is 13.6. The molecule has 0 unspecified atom stereocenters. The number of hydrogen-bond donors (Lipinski definition) is 3. The van der Waals surface area contributed by atoms with Gasteiger partial charge in [0.15, 0.2) is 0 Å². The van der Waals surface area contributed by atoms with Crippen LogP contribution in [-0.4, -0.2) is 38.6 Å². The maximum Gasteiger partial charge on any atom is 0.143 e. The zero-order valence-electron chi connectivity index (χ0n) is 12.0. The number of para-hydroxylation sites is 1. The quantitative estimate of drug-likeness (QED) is 0.588. The van der Waals surface area contributed by atoms with Crippen molar-refractivity contribution in [3.63, 3.8) is 0 Å². The largest absolute Gasteiger partial charge is 0.376 e. The van der Waals surface area contributed by atoms with E-state index in [1.54, 1.807) is 18.5 Å². The Kier molecular flexibility index (Phi) is 4.65. The summed E-state index contributed by atoms with van der Waals surface area (Å²) in [5.41, 5.74) is 2.09. The van der Waals surface area contributed by atoms with Gasteiger partial charge in [0.2, 0.25) is 0 Å². The number of anilines is 3. The molecule has 3 N–H and O–H groups in total. The van der Waals surface area contributed by atoms with Crippen LogP contribution < -0.4 is 10.2 Å². The van der Waals surface area contributed by atoms with Gasteiger partial charge in [0.05, 0.1) is 22.3 Å². The maximum absolute atomic E-state index is 9.45. The van der Waals surface area contributed by atoms with Crippen molar-refractivity contribution in [2.75, 3.05) is 23.7 Å². The molecule has 0 atom stereocenters. The predicted octanol–water partition coefficient (Wildman–Crippen LogP) is 2.24. The van der Waals surface area contributed by atoms with Crippen LogP contribution in [0.2, 0.25) is 0 Å². The third kappa shape index (κ3) is 3.09. The number of nitrogens with zero attached hydrogens (tertiary/aromatic N) is 4. The van der Waals surface area contributed by atoms with Gasteiger partial charge < -0.3 is 20.4 Å². The molecule has 0 fully saturated rings. The molecule has 0 aliphatic heterocycles. The molecule has 0 spiro atoms. The Morgan fingerprint density at radius 1 is 1.13 bits per heavy atom. The minimum atomic E-state index is -0.320. The number of aliphatic hydroxyl groups excluding tert-OH is 2. The summed E-state index contributed by atoms with van der Waals surface area (Å²) in [5.74, 6) is 0.596. The zero-order chi connectivity index (χ0) is 16.2. The second-order valence-electron chi connectivity index (χ2n) is 4.70. The van der Waals surface area contributed by atoms with Crippen molar-refractivity contribution < 1.29 is 10.2 Å². The highest BCUT2D eigenvalue weighted by Crippen LogP contribution is 2.36. The molecule has 0 aliphatic rings. The van der Waals surface area contributed by atoms with E-state index in [9.17, 15) is 10.2 Å². The third-order valence-corrected chi connectivity index (χ3v) is 3.97. The van der Waals surface area contributed by atoms with Crippen LogP contribution in [0.5, 0.6) is 0 Å². The number of halogens is 1. The summed E-state index contributed by atoms with van der Waals surface area (Å²) >= 11 is 3.44. The third-order valence-electron chi connectivity index (χ3n) is 3.33. The molecule has 0 radical (unpaired) electrons. The van der Waals surface area contributed by atoms with Crippen LogP contribution in [0, 0.1) is 0 Å². The molecular weight excluding hydrogens is 362 g/mol. The summed E-state index contributed by atoms with van der Waals surface area (Å²) < 4.78 is 0.738. The van der Waals surface area contributed by atoms with Crippen LogP contribution in [0.15, 0.2) is 47.5 Å². The van der Waals surface area contributed by atoms with Gasteiger partial charge in [-0.05, 0) is 34.1 Å². The molecule has 0 aliphatic carbocycles. The van der Waals surface area contributed by atoms with Crippen molar-refractivity contribution in [1.82, 2.24) is 15.0 Å². The molecule has 0 saturated heterocycles. The Hall–Kier alpha value is -2.29. The molecule has 3 rings (SSSR count). The van der Waals surface area contributed by atoms with E-state index in [1.807, 2.05) is 18.2 Å². The van der Waals surface area contributed by atoms with Gasteiger partial charge in [-0.2, -0.15) is 0 Å². The topological polar surface area (TPSA) is 94.4 Å². The molecular formula is C15H14BrN5O2. The van der Waals surface area contributed by atoms with Crippen LogP contribution in [0.1, 0.15) is 0 Å². The van der Waals surface area contributed by atoms with Crippen molar-refractivity contribution >= 4 is 44.0 Å². The van der Waals surface area contributed by atoms with Gasteiger partial charge in [-0.15, -0.1) is 0 Å².